The lowest BCUT2D eigenvalue weighted by atomic mass is 10.1. The Balaban J connectivity index is 1.41. The van der Waals surface area contributed by atoms with Gasteiger partial charge in [-0.05, 0) is 79.8 Å². The molecule has 1 fully saturated rings. The molecule has 3 aromatic rings. The van der Waals surface area contributed by atoms with Crippen LogP contribution < -0.4 is 10.2 Å². The highest BCUT2D eigenvalue weighted by molar-refractivity contribution is 5.89. The van der Waals surface area contributed by atoms with E-state index in [0.717, 1.165) is 42.9 Å². The summed E-state index contributed by atoms with van der Waals surface area (Å²) in [5, 5.41) is 14.6. The molecular formula is C28H26N4O4. The van der Waals surface area contributed by atoms with Crippen LogP contribution >= 0.6 is 0 Å². The van der Waals surface area contributed by atoms with Crippen LogP contribution in [0.3, 0.4) is 0 Å². The number of rotatable bonds is 6. The third kappa shape index (κ3) is 6.27. The molecule has 0 amide bonds. The molecule has 2 heterocycles. The second kappa shape index (κ2) is 11.7. The number of aromatic nitrogens is 1. The number of carbonyl (C=O) groups excluding carboxylic acids is 1. The van der Waals surface area contributed by atoms with Crippen LogP contribution in [0.4, 0.5) is 17.1 Å². The number of anilines is 2. The van der Waals surface area contributed by atoms with E-state index in [1.165, 1.54) is 13.5 Å². The zero-order valence-corrected chi connectivity index (χ0v) is 19.9. The van der Waals surface area contributed by atoms with E-state index in [2.05, 4.69) is 31.8 Å². The fourth-order valence-corrected chi connectivity index (χ4v) is 3.92. The molecule has 1 saturated heterocycles. The van der Waals surface area contributed by atoms with Gasteiger partial charge in [0.2, 0.25) is 0 Å². The number of nitro groups is 1. The van der Waals surface area contributed by atoms with E-state index in [1.54, 1.807) is 54.9 Å². The molecule has 0 aliphatic carbocycles. The van der Waals surface area contributed by atoms with Crippen molar-refractivity contribution in [2.75, 3.05) is 30.4 Å². The topological polar surface area (TPSA) is 97.6 Å². The Morgan fingerprint density at radius 3 is 2.53 bits per heavy atom. The van der Waals surface area contributed by atoms with Crippen molar-refractivity contribution in [2.45, 2.75) is 19.3 Å². The van der Waals surface area contributed by atoms with E-state index < -0.39 is 5.97 Å². The number of methoxy groups -OCH3 is 1. The SMILES string of the molecule is COC(=O)c1ccc(C#Cc2ccc(NC=Cc3cc(N4CCCCC4)ccc3[N+](=O)[O-])cn2)cc1. The second-order valence-electron chi connectivity index (χ2n) is 8.28. The molecule has 0 saturated carbocycles. The van der Waals surface area contributed by atoms with Crippen LogP contribution in [-0.2, 0) is 4.74 Å². The fraction of sp³-hybridized carbons (Fsp3) is 0.214. The molecule has 1 aromatic heterocycles. The number of piperidine rings is 1. The zero-order valence-electron chi connectivity index (χ0n) is 19.9. The third-order valence-electron chi connectivity index (χ3n) is 5.85. The van der Waals surface area contributed by atoms with E-state index in [-0.39, 0.29) is 10.6 Å². The van der Waals surface area contributed by atoms with Gasteiger partial charge in [-0.1, -0.05) is 5.92 Å². The number of benzene rings is 2. The Labute approximate surface area is 209 Å². The lowest BCUT2D eigenvalue weighted by Gasteiger charge is -2.28. The van der Waals surface area contributed by atoms with Crippen molar-refractivity contribution in [3.63, 3.8) is 0 Å². The molecule has 0 spiro atoms. The van der Waals surface area contributed by atoms with Crippen molar-refractivity contribution in [3.8, 4) is 11.8 Å². The van der Waals surface area contributed by atoms with Gasteiger partial charge in [0.25, 0.3) is 5.69 Å². The Hall–Kier alpha value is -4.64. The first-order chi connectivity index (χ1) is 17.5. The van der Waals surface area contributed by atoms with E-state index >= 15 is 0 Å². The molecule has 8 nitrogen and oxygen atoms in total. The van der Waals surface area contributed by atoms with Gasteiger partial charge in [-0.25, -0.2) is 9.78 Å². The first-order valence-electron chi connectivity index (χ1n) is 11.7. The molecule has 1 aliphatic rings. The number of nitro benzene ring substituents is 1. The van der Waals surface area contributed by atoms with Gasteiger partial charge in [0.1, 0.15) is 5.69 Å². The summed E-state index contributed by atoms with van der Waals surface area (Å²) in [6, 6.07) is 15.7. The number of pyridine rings is 1. The van der Waals surface area contributed by atoms with E-state index in [4.69, 9.17) is 0 Å². The van der Waals surface area contributed by atoms with Crippen LogP contribution in [-0.4, -0.2) is 36.1 Å². The fourth-order valence-electron chi connectivity index (χ4n) is 3.92. The first kappa shape index (κ1) is 24.5. The van der Waals surface area contributed by atoms with Gasteiger partial charge < -0.3 is 15.0 Å². The predicted octanol–water partition coefficient (Wildman–Crippen LogP) is 5.25. The van der Waals surface area contributed by atoms with Crippen molar-refractivity contribution in [1.29, 1.82) is 0 Å². The largest absolute Gasteiger partial charge is 0.465 e. The molecule has 0 radical (unpaired) electrons. The standard InChI is InChI=1S/C28H26N4O4/c1-36-28(33)22-8-5-21(6-9-22)7-10-24-11-12-25(20-30-24)29-16-15-23-19-26(13-14-27(23)32(34)35)31-17-3-2-4-18-31/h5-6,8-9,11-16,19-20,29H,2-4,17-18H2,1H3. The summed E-state index contributed by atoms with van der Waals surface area (Å²) >= 11 is 0. The van der Waals surface area contributed by atoms with Crippen LogP contribution in [0, 0.1) is 22.0 Å². The maximum Gasteiger partial charge on any atom is 0.337 e. The Bertz CT molecular complexity index is 1320. The minimum Gasteiger partial charge on any atom is -0.465 e. The maximum absolute atomic E-state index is 11.5. The summed E-state index contributed by atoms with van der Waals surface area (Å²) in [6.45, 7) is 1.94. The summed E-state index contributed by atoms with van der Waals surface area (Å²) in [5.74, 6) is 5.61. The van der Waals surface area contributed by atoms with Crippen LogP contribution in [0.15, 0.2) is 67.0 Å². The molecule has 4 rings (SSSR count). The molecule has 182 valence electrons. The van der Waals surface area contributed by atoms with Crippen LogP contribution in [0.25, 0.3) is 6.08 Å². The number of hydrogen-bond acceptors (Lipinski definition) is 7. The van der Waals surface area contributed by atoms with Gasteiger partial charge in [0.15, 0.2) is 0 Å². The van der Waals surface area contributed by atoms with Gasteiger partial charge in [-0.2, -0.15) is 0 Å². The number of nitrogens with one attached hydrogen (secondary N) is 1. The normalized spacial score (nSPS) is 13.1. The quantitative estimate of drug-likeness (QED) is 0.222. The van der Waals surface area contributed by atoms with Crippen molar-refractivity contribution in [2.24, 2.45) is 0 Å². The summed E-state index contributed by atoms with van der Waals surface area (Å²) in [6.07, 6.45) is 8.53. The molecule has 0 bridgehead atoms. The zero-order chi connectivity index (χ0) is 25.3. The van der Waals surface area contributed by atoms with Gasteiger partial charge >= 0.3 is 5.97 Å². The lowest BCUT2D eigenvalue weighted by Crippen LogP contribution is -2.29. The highest BCUT2D eigenvalue weighted by Gasteiger charge is 2.16. The highest BCUT2D eigenvalue weighted by atomic mass is 16.6. The summed E-state index contributed by atoms with van der Waals surface area (Å²) in [7, 11) is 1.34. The second-order valence-corrected chi connectivity index (χ2v) is 8.28. The molecule has 1 aliphatic heterocycles. The summed E-state index contributed by atoms with van der Waals surface area (Å²) in [4.78, 5) is 29.3. The molecule has 0 unspecified atom stereocenters. The van der Waals surface area contributed by atoms with Crippen molar-refractivity contribution < 1.29 is 14.5 Å². The number of esters is 1. The molecule has 8 heteroatoms. The third-order valence-corrected chi connectivity index (χ3v) is 5.85. The molecule has 1 N–H and O–H groups in total. The molecular weight excluding hydrogens is 456 g/mol. The molecule has 2 aromatic carbocycles. The average Bonchev–Trinajstić information content (AvgIpc) is 2.92. The van der Waals surface area contributed by atoms with Crippen molar-refractivity contribution in [3.05, 3.63) is 99.5 Å². The lowest BCUT2D eigenvalue weighted by molar-refractivity contribution is -0.385. The van der Waals surface area contributed by atoms with Crippen LogP contribution in [0.1, 0.15) is 46.4 Å². The minimum atomic E-state index is -0.391. The Kier molecular flexibility index (Phi) is 7.94. The predicted molar refractivity (Wildman–Crippen MR) is 140 cm³/mol. The number of carbonyl (C=O) groups is 1. The van der Waals surface area contributed by atoms with Crippen LogP contribution in [0.2, 0.25) is 0 Å². The smallest absolute Gasteiger partial charge is 0.337 e. The first-order valence-corrected chi connectivity index (χ1v) is 11.7. The highest BCUT2D eigenvalue weighted by Crippen LogP contribution is 2.28. The Morgan fingerprint density at radius 2 is 1.86 bits per heavy atom. The maximum atomic E-state index is 11.5. The number of hydrogen-bond donors (Lipinski definition) is 1. The average molecular weight is 483 g/mol. The number of ether oxygens (including phenoxy) is 1. The van der Waals surface area contributed by atoms with Gasteiger partial charge in [-0.3, -0.25) is 10.1 Å². The summed E-state index contributed by atoms with van der Waals surface area (Å²) in [5.41, 5.74) is 4.16. The minimum absolute atomic E-state index is 0.0668. The van der Waals surface area contributed by atoms with E-state index in [0.29, 0.717) is 16.8 Å². The monoisotopic (exact) mass is 482 g/mol. The molecule has 0 atom stereocenters. The van der Waals surface area contributed by atoms with Crippen molar-refractivity contribution >= 4 is 29.1 Å². The van der Waals surface area contributed by atoms with Gasteiger partial charge in [0.05, 0.1) is 35.0 Å². The Morgan fingerprint density at radius 1 is 1.08 bits per heavy atom. The number of nitrogens with zero attached hydrogens (tertiary/aromatic N) is 3. The van der Waals surface area contributed by atoms with Gasteiger partial charge in [-0.15, -0.1) is 0 Å². The van der Waals surface area contributed by atoms with Crippen molar-refractivity contribution in [1.82, 2.24) is 4.98 Å². The van der Waals surface area contributed by atoms with E-state index in [9.17, 15) is 14.9 Å². The summed E-state index contributed by atoms with van der Waals surface area (Å²) < 4.78 is 4.69. The molecule has 36 heavy (non-hydrogen) atoms. The van der Waals surface area contributed by atoms with Crippen LogP contribution in [0.5, 0.6) is 0 Å². The van der Waals surface area contributed by atoms with Gasteiger partial charge in [0, 0.05) is 36.6 Å². The van der Waals surface area contributed by atoms with E-state index in [1.807, 2.05) is 18.2 Å².